The molecule has 0 unspecified atom stereocenters. The van der Waals surface area contributed by atoms with Gasteiger partial charge in [-0.3, -0.25) is 0 Å². The van der Waals surface area contributed by atoms with E-state index < -0.39 is 0 Å². The zero-order valence-electron chi connectivity index (χ0n) is 11.0. The Bertz CT molecular complexity index is 369. The first-order valence-electron chi connectivity index (χ1n) is 6.42. The van der Waals surface area contributed by atoms with Crippen molar-refractivity contribution in [3.05, 3.63) is 12.3 Å². The Hall–Kier alpha value is -1.32. The molecule has 0 amide bonds. The molecule has 0 aliphatic carbocycles. The summed E-state index contributed by atoms with van der Waals surface area (Å²) < 4.78 is 0. The SMILES string of the molecule is CCC1(C)CCN(c2ccnc(NC)n2)CC1. The van der Waals surface area contributed by atoms with Gasteiger partial charge in [0.15, 0.2) is 0 Å². The Morgan fingerprint density at radius 3 is 2.71 bits per heavy atom. The maximum absolute atomic E-state index is 4.49. The van der Waals surface area contributed by atoms with E-state index in [9.17, 15) is 0 Å². The Kier molecular flexibility index (Phi) is 3.50. The van der Waals surface area contributed by atoms with Gasteiger partial charge in [-0.2, -0.15) is 4.98 Å². The molecule has 2 rings (SSSR count). The molecule has 1 N–H and O–H groups in total. The number of anilines is 2. The fourth-order valence-corrected chi connectivity index (χ4v) is 2.27. The monoisotopic (exact) mass is 234 g/mol. The van der Waals surface area contributed by atoms with Crippen LogP contribution in [0.1, 0.15) is 33.1 Å². The van der Waals surface area contributed by atoms with E-state index in [1.807, 2.05) is 19.3 Å². The van der Waals surface area contributed by atoms with Gasteiger partial charge in [0.1, 0.15) is 5.82 Å². The molecule has 0 saturated carbocycles. The first-order valence-corrected chi connectivity index (χ1v) is 6.42. The van der Waals surface area contributed by atoms with E-state index in [0.717, 1.165) is 18.9 Å². The third-order valence-corrected chi connectivity index (χ3v) is 4.01. The van der Waals surface area contributed by atoms with Gasteiger partial charge in [0.25, 0.3) is 0 Å². The summed E-state index contributed by atoms with van der Waals surface area (Å²) >= 11 is 0. The average Bonchev–Trinajstić information content (AvgIpc) is 2.40. The van der Waals surface area contributed by atoms with Crippen LogP contribution in [0, 0.1) is 5.41 Å². The van der Waals surface area contributed by atoms with Crippen molar-refractivity contribution >= 4 is 11.8 Å². The zero-order chi connectivity index (χ0) is 12.3. The molecule has 1 aliphatic heterocycles. The van der Waals surface area contributed by atoms with Crippen molar-refractivity contribution in [3.63, 3.8) is 0 Å². The molecule has 2 heterocycles. The van der Waals surface area contributed by atoms with Gasteiger partial charge in [-0.1, -0.05) is 20.3 Å². The summed E-state index contributed by atoms with van der Waals surface area (Å²) in [4.78, 5) is 11.0. The summed E-state index contributed by atoms with van der Waals surface area (Å²) in [6.45, 7) is 6.89. The standard InChI is InChI=1S/C13H22N4/c1-4-13(2)6-9-17(10-7-13)11-5-8-15-12(14-3)16-11/h5,8H,4,6-7,9-10H2,1-3H3,(H,14,15,16). The Labute approximate surface area is 103 Å². The molecule has 1 aliphatic rings. The van der Waals surface area contributed by atoms with Crippen LogP contribution in [0.2, 0.25) is 0 Å². The van der Waals surface area contributed by atoms with Crippen molar-refractivity contribution in [2.45, 2.75) is 33.1 Å². The smallest absolute Gasteiger partial charge is 0.224 e. The molecule has 0 spiro atoms. The highest BCUT2D eigenvalue weighted by Gasteiger charge is 2.28. The van der Waals surface area contributed by atoms with Gasteiger partial charge in [-0.25, -0.2) is 4.98 Å². The van der Waals surface area contributed by atoms with E-state index in [2.05, 4.69) is 34.0 Å². The third kappa shape index (κ3) is 2.68. The number of rotatable bonds is 3. The van der Waals surface area contributed by atoms with Crippen LogP contribution in [-0.2, 0) is 0 Å². The van der Waals surface area contributed by atoms with Crippen molar-refractivity contribution in [2.75, 3.05) is 30.4 Å². The molecule has 0 bridgehead atoms. The topological polar surface area (TPSA) is 41.1 Å². The van der Waals surface area contributed by atoms with Crippen LogP contribution >= 0.6 is 0 Å². The van der Waals surface area contributed by atoms with E-state index in [1.54, 1.807) is 0 Å². The zero-order valence-corrected chi connectivity index (χ0v) is 11.0. The molecular weight excluding hydrogens is 212 g/mol. The first-order chi connectivity index (χ1) is 8.17. The molecule has 1 aromatic rings. The number of aromatic nitrogens is 2. The Morgan fingerprint density at radius 1 is 1.41 bits per heavy atom. The van der Waals surface area contributed by atoms with Gasteiger partial charge < -0.3 is 10.2 Å². The van der Waals surface area contributed by atoms with Gasteiger partial charge in [-0.15, -0.1) is 0 Å². The second-order valence-electron chi connectivity index (χ2n) is 5.14. The lowest BCUT2D eigenvalue weighted by atomic mass is 9.78. The molecule has 1 aromatic heterocycles. The lowest BCUT2D eigenvalue weighted by Gasteiger charge is -2.39. The summed E-state index contributed by atoms with van der Waals surface area (Å²) in [7, 11) is 1.85. The largest absolute Gasteiger partial charge is 0.357 e. The van der Waals surface area contributed by atoms with Crippen molar-refractivity contribution in [2.24, 2.45) is 5.41 Å². The lowest BCUT2D eigenvalue weighted by molar-refractivity contribution is 0.238. The molecule has 4 heteroatoms. The van der Waals surface area contributed by atoms with Crippen LogP contribution in [0.15, 0.2) is 12.3 Å². The molecule has 0 aromatic carbocycles. The molecule has 94 valence electrons. The first kappa shape index (κ1) is 12.1. The van der Waals surface area contributed by atoms with Crippen LogP contribution in [0.4, 0.5) is 11.8 Å². The predicted octanol–water partition coefficient (Wildman–Crippen LogP) is 2.53. The van der Waals surface area contributed by atoms with Gasteiger partial charge in [0, 0.05) is 26.3 Å². The maximum Gasteiger partial charge on any atom is 0.224 e. The highest BCUT2D eigenvalue weighted by Crippen LogP contribution is 2.35. The van der Waals surface area contributed by atoms with E-state index in [-0.39, 0.29) is 0 Å². The highest BCUT2D eigenvalue weighted by molar-refractivity contribution is 5.42. The minimum Gasteiger partial charge on any atom is -0.357 e. The normalized spacial score (nSPS) is 19.1. The minimum atomic E-state index is 0.523. The van der Waals surface area contributed by atoms with Crippen molar-refractivity contribution < 1.29 is 0 Å². The number of hydrogen-bond donors (Lipinski definition) is 1. The Balaban J connectivity index is 2.05. The van der Waals surface area contributed by atoms with Crippen molar-refractivity contribution in [1.82, 2.24) is 9.97 Å². The van der Waals surface area contributed by atoms with E-state index >= 15 is 0 Å². The number of piperidine rings is 1. The van der Waals surface area contributed by atoms with Crippen molar-refractivity contribution in [3.8, 4) is 0 Å². The number of nitrogens with one attached hydrogen (secondary N) is 1. The van der Waals surface area contributed by atoms with Crippen molar-refractivity contribution in [1.29, 1.82) is 0 Å². The molecule has 4 nitrogen and oxygen atoms in total. The second-order valence-corrected chi connectivity index (χ2v) is 5.14. The van der Waals surface area contributed by atoms with E-state index in [0.29, 0.717) is 11.4 Å². The molecule has 17 heavy (non-hydrogen) atoms. The fourth-order valence-electron chi connectivity index (χ4n) is 2.27. The summed E-state index contributed by atoms with van der Waals surface area (Å²) in [6.07, 6.45) is 5.60. The number of nitrogens with zero attached hydrogens (tertiary/aromatic N) is 3. The van der Waals surface area contributed by atoms with E-state index in [4.69, 9.17) is 0 Å². The lowest BCUT2D eigenvalue weighted by Crippen LogP contribution is -2.38. The molecule has 0 atom stereocenters. The van der Waals surface area contributed by atoms with Crippen LogP contribution in [0.3, 0.4) is 0 Å². The molecular formula is C13H22N4. The van der Waals surface area contributed by atoms with Crippen LogP contribution in [0.5, 0.6) is 0 Å². The summed E-state index contributed by atoms with van der Waals surface area (Å²) in [5.41, 5.74) is 0.523. The van der Waals surface area contributed by atoms with Crippen LogP contribution < -0.4 is 10.2 Å². The quantitative estimate of drug-likeness (QED) is 0.872. The average molecular weight is 234 g/mol. The molecule has 1 fully saturated rings. The van der Waals surface area contributed by atoms with Gasteiger partial charge >= 0.3 is 0 Å². The highest BCUT2D eigenvalue weighted by atomic mass is 15.2. The Morgan fingerprint density at radius 2 is 2.12 bits per heavy atom. The van der Waals surface area contributed by atoms with Crippen LogP contribution in [-0.4, -0.2) is 30.1 Å². The fraction of sp³-hybridized carbons (Fsp3) is 0.692. The summed E-state index contributed by atoms with van der Waals surface area (Å²) in [5, 5.41) is 2.98. The van der Waals surface area contributed by atoms with Gasteiger partial charge in [-0.05, 0) is 24.3 Å². The van der Waals surface area contributed by atoms with E-state index in [1.165, 1.54) is 19.3 Å². The predicted molar refractivity (Wildman–Crippen MR) is 71.4 cm³/mol. The number of hydrogen-bond acceptors (Lipinski definition) is 4. The third-order valence-electron chi connectivity index (χ3n) is 4.01. The van der Waals surface area contributed by atoms with Gasteiger partial charge in [0.2, 0.25) is 5.95 Å². The summed E-state index contributed by atoms with van der Waals surface area (Å²) in [6, 6.07) is 2.00. The van der Waals surface area contributed by atoms with Gasteiger partial charge in [0.05, 0.1) is 0 Å². The second kappa shape index (κ2) is 4.90. The summed E-state index contributed by atoms with van der Waals surface area (Å²) in [5.74, 6) is 1.74. The minimum absolute atomic E-state index is 0.523. The molecule has 1 saturated heterocycles. The van der Waals surface area contributed by atoms with Crippen LogP contribution in [0.25, 0.3) is 0 Å². The maximum atomic E-state index is 4.49. The molecule has 0 radical (unpaired) electrons.